The zero-order valence-electron chi connectivity index (χ0n) is 9.22. The Balaban J connectivity index is 2.26. The molecular formula is C12H12ClF3O. The van der Waals surface area contributed by atoms with Gasteiger partial charge in [-0.05, 0) is 37.0 Å². The van der Waals surface area contributed by atoms with E-state index in [2.05, 4.69) is 0 Å². The van der Waals surface area contributed by atoms with Crippen molar-refractivity contribution in [2.24, 2.45) is 5.92 Å². The fourth-order valence-corrected chi connectivity index (χ4v) is 1.97. The fraction of sp³-hybridized carbons (Fsp3) is 0.500. The molecule has 1 aliphatic rings. The van der Waals surface area contributed by atoms with Crippen LogP contribution in [-0.2, 0) is 6.18 Å². The van der Waals surface area contributed by atoms with E-state index in [9.17, 15) is 13.2 Å². The van der Waals surface area contributed by atoms with Crippen LogP contribution in [0, 0.1) is 5.92 Å². The molecule has 17 heavy (non-hydrogen) atoms. The van der Waals surface area contributed by atoms with E-state index >= 15 is 0 Å². The maximum Gasteiger partial charge on any atom is 0.420 e. The summed E-state index contributed by atoms with van der Waals surface area (Å²) in [6, 6.07) is 3.60. The van der Waals surface area contributed by atoms with Gasteiger partial charge in [-0.1, -0.05) is 18.5 Å². The summed E-state index contributed by atoms with van der Waals surface area (Å²) in [5.74, 6) is 0.185. The molecule has 0 aromatic heterocycles. The number of alkyl halides is 3. The van der Waals surface area contributed by atoms with Gasteiger partial charge in [0.2, 0.25) is 0 Å². The third kappa shape index (κ3) is 2.68. The molecule has 1 aliphatic carbocycles. The Morgan fingerprint density at radius 1 is 1.29 bits per heavy atom. The Morgan fingerprint density at radius 2 is 2.00 bits per heavy atom. The van der Waals surface area contributed by atoms with E-state index < -0.39 is 11.7 Å². The van der Waals surface area contributed by atoms with Gasteiger partial charge in [-0.3, -0.25) is 0 Å². The molecule has 5 heteroatoms. The van der Waals surface area contributed by atoms with E-state index in [4.69, 9.17) is 16.3 Å². The van der Waals surface area contributed by atoms with Crippen LogP contribution in [0.25, 0.3) is 0 Å². The molecule has 0 aliphatic heterocycles. The quantitative estimate of drug-likeness (QED) is 0.762. The molecule has 1 aromatic rings. The Hall–Kier alpha value is -0.900. The lowest BCUT2D eigenvalue weighted by molar-refractivity contribution is -0.139. The van der Waals surface area contributed by atoms with Crippen LogP contribution >= 0.6 is 11.6 Å². The predicted molar refractivity (Wildman–Crippen MR) is 59.3 cm³/mol. The van der Waals surface area contributed by atoms with Crippen LogP contribution in [-0.4, -0.2) is 6.10 Å². The molecule has 1 fully saturated rings. The number of halogens is 4. The molecule has 0 heterocycles. The first-order valence-corrected chi connectivity index (χ1v) is 5.79. The summed E-state index contributed by atoms with van der Waals surface area (Å²) in [6.45, 7) is 1.97. The van der Waals surface area contributed by atoms with Crippen molar-refractivity contribution in [1.82, 2.24) is 0 Å². The van der Waals surface area contributed by atoms with E-state index in [-0.39, 0.29) is 16.9 Å². The summed E-state index contributed by atoms with van der Waals surface area (Å²) in [4.78, 5) is 0. The van der Waals surface area contributed by atoms with Crippen LogP contribution in [0.2, 0.25) is 5.02 Å². The predicted octanol–water partition coefficient (Wildman–Crippen LogP) is 4.54. The van der Waals surface area contributed by atoms with Crippen molar-refractivity contribution < 1.29 is 17.9 Å². The molecule has 0 saturated heterocycles. The molecule has 0 amide bonds. The standard InChI is InChI=1S/C12H12ClF3O/c1-7-2-4-10(7)17-11-5-3-8(13)6-9(11)12(14,15)16/h3,5-7,10H,2,4H2,1H3/t7-,10-/m1/s1. The lowest BCUT2D eigenvalue weighted by Gasteiger charge is -2.34. The van der Waals surface area contributed by atoms with E-state index in [1.807, 2.05) is 6.92 Å². The van der Waals surface area contributed by atoms with Gasteiger partial charge >= 0.3 is 6.18 Å². The number of benzene rings is 1. The summed E-state index contributed by atoms with van der Waals surface area (Å²) in [7, 11) is 0. The van der Waals surface area contributed by atoms with Crippen molar-refractivity contribution in [2.75, 3.05) is 0 Å². The minimum atomic E-state index is -4.44. The number of rotatable bonds is 2. The second-order valence-corrected chi connectivity index (χ2v) is 4.79. The molecule has 1 aromatic carbocycles. The van der Waals surface area contributed by atoms with Crippen LogP contribution in [0.1, 0.15) is 25.3 Å². The van der Waals surface area contributed by atoms with E-state index in [1.54, 1.807) is 0 Å². The summed E-state index contributed by atoms with van der Waals surface area (Å²) < 4.78 is 43.7. The Bertz CT molecular complexity index is 417. The molecule has 0 radical (unpaired) electrons. The zero-order valence-corrected chi connectivity index (χ0v) is 9.98. The van der Waals surface area contributed by atoms with Crippen molar-refractivity contribution in [1.29, 1.82) is 0 Å². The summed E-state index contributed by atoms with van der Waals surface area (Å²) in [5, 5.41) is 0.0614. The monoisotopic (exact) mass is 264 g/mol. The SMILES string of the molecule is C[C@@H]1CC[C@H]1Oc1ccc(Cl)cc1C(F)(F)F. The van der Waals surface area contributed by atoms with Crippen LogP contribution in [0.3, 0.4) is 0 Å². The Labute approximate surface area is 103 Å². The van der Waals surface area contributed by atoms with Crippen molar-refractivity contribution in [3.05, 3.63) is 28.8 Å². The van der Waals surface area contributed by atoms with Gasteiger partial charge in [0.05, 0.1) is 5.56 Å². The molecule has 2 rings (SSSR count). The normalized spacial score (nSPS) is 24.3. The molecule has 0 spiro atoms. The van der Waals surface area contributed by atoms with Crippen molar-refractivity contribution in [3.63, 3.8) is 0 Å². The highest BCUT2D eigenvalue weighted by Crippen LogP contribution is 2.40. The maximum atomic E-state index is 12.8. The first-order chi connectivity index (χ1) is 7.88. The summed E-state index contributed by atoms with van der Waals surface area (Å²) in [6.07, 6.45) is -2.74. The molecular weight excluding hydrogens is 253 g/mol. The fourth-order valence-electron chi connectivity index (χ4n) is 1.80. The van der Waals surface area contributed by atoms with Gasteiger partial charge < -0.3 is 4.74 Å². The van der Waals surface area contributed by atoms with E-state index in [1.165, 1.54) is 12.1 Å². The first-order valence-electron chi connectivity index (χ1n) is 5.41. The van der Waals surface area contributed by atoms with E-state index in [0.29, 0.717) is 5.92 Å². The Morgan fingerprint density at radius 3 is 2.47 bits per heavy atom. The van der Waals surface area contributed by atoms with Crippen LogP contribution in [0.15, 0.2) is 18.2 Å². The van der Waals surface area contributed by atoms with Gasteiger partial charge in [-0.15, -0.1) is 0 Å². The average molecular weight is 265 g/mol. The number of hydrogen-bond donors (Lipinski definition) is 0. The molecule has 0 bridgehead atoms. The van der Waals surface area contributed by atoms with Crippen molar-refractivity contribution in [3.8, 4) is 5.75 Å². The largest absolute Gasteiger partial charge is 0.490 e. The minimum absolute atomic E-state index is 0.0614. The highest BCUT2D eigenvalue weighted by Gasteiger charge is 2.37. The Kier molecular flexibility index (Phi) is 3.25. The third-order valence-electron chi connectivity index (χ3n) is 3.07. The van der Waals surface area contributed by atoms with Crippen molar-refractivity contribution >= 4 is 11.6 Å². The van der Waals surface area contributed by atoms with Gasteiger partial charge in [-0.2, -0.15) is 13.2 Å². The first kappa shape index (κ1) is 12.6. The molecule has 0 N–H and O–H groups in total. The minimum Gasteiger partial charge on any atom is -0.490 e. The second kappa shape index (κ2) is 4.41. The van der Waals surface area contributed by atoms with Crippen molar-refractivity contribution in [2.45, 2.75) is 32.0 Å². The zero-order chi connectivity index (χ0) is 12.6. The lowest BCUT2D eigenvalue weighted by atomic mass is 9.83. The molecule has 2 atom stereocenters. The van der Waals surface area contributed by atoms with E-state index in [0.717, 1.165) is 18.9 Å². The highest BCUT2D eigenvalue weighted by atomic mass is 35.5. The summed E-state index contributed by atoms with van der Waals surface area (Å²) in [5.41, 5.74) is -0.802. The highest BCUT2D eigenvalue weighted by molar-refractivity contribution is 6.30. The smallest absolute Gasteiger partial charge is 0.420 e. The van der Waals surface area contributed by atoms with Crippen LogP contribution < -0.4 is 4.74 Å². The second-order valence-electron chi connectivity index (χ2n) is 4.35. The number of hydrogen-bond acceptors (Lipinski definition) is 1. The molecule has 1 saturated carbocycles. The van der Waals surface area contributed by atoms with Gasteiger partial charge in [0.15, 0.2) is 0 Å². The van der Waals surface area contributed by atoms with Gasteiger partial charge in [0.1, 0.15) is 11.9 Å². The van der Waals surface area contributed by atoms with Crippen LogP contribution in [0.4, 0.5) is 13.2 Å². The molecule has 0 unspecified atom stereocenters. The van der Waals surface area contributed by atoms with Gasteiger partial charge in [-0.25, -0.2) is 0 Å². The molecule has 1 nitrogen and oxygen atoms in total. The maximum absolute atomic E-state index is 12.8. The molecule has 94 valence electrons. The van der Waals surface area contributed by atoms with Gasteiger partial charge in [0, 0.05) is 5.02 Å². The van der Waals surface area contributed by atoms with Crippen LogP contribution in [0.5, 0.6) is 5.75 Å². The number of ether oxygens (including phenoxy) is 1. The average Bonchev–Trinajstić information content (AvgIpc) is 2.24. The lowest BCUT2D eigenvalue weighted by Crippen LogP contribution is -2.35. The third-order valence-corrected chi connectivity index (χ3v) is 3.30. The van der Waals surface area contributed by atoms with Gasteiger partial charge in [0.25, 0.3) is 0 Å². The summed E-state index contributed by atoms with van der Waals surface area (Å²) >= 11 is 5.58. The topological polar surface area (TPSA) is 9.23 Å².